The van der Waals surface area contributed by atoms with Crippen molar-refractivity contribution in [3.8, 4) is 5.75 Å². The number of carbonyl (C=O) groups is 2. The molecule has 0 aliphatic carbocycles. The predicted molar refractivity (Wildman–Crippen MR) is 123 cm³/mol. The number of hydrogen-bond donors (Lipinski definition) is 2. The Morgan fingerprint density at radius 1 is 1.16 bits per heavy atom. The van der Waals surface area contributed by atoms with E-state index in [1.807, 2.05) is 49.4 Å². The molecule has 2 heterocycles. The van der Waals surface area contributed by atoms with Gasteiger partial charge in [-0.25, -0.2) is 0 Å². The van der Waals surface area contributed by atoms with Gasteiger partial charge in [0.15, 0.2) is 5.82 Å². The van der Waals surface area contributed by atoms with Gasteiger partial charge in [0.25, 0.3) is 0 Å². The maximum absolute atomic E-state index is 12.4. The molecule has 2 amide bonds. The van der Waals surface area contributed by atoms with Crippen LogP contribution in [0.4, 0.5) is 5.82 Å². The molecule has 8 nitrogen and oxygen atoms in total. The second-order valence-corrected chi connectivity index (χ2v) is 8.57. The lowest BCUT2D eigenvalue weighted by Gasteiger charge is -2.16. The summed E-state index contributed by atoms with van der Waals surface area (Å²) in [5, 5.41) is 8.94. The van der Waals surface area contributed by atoms with Crippen molar-refractivity contribution in [3.05, 3.63) is 71.7 Å². The lowest BCUT2D eigenvalue weighted by Crippen LogP contribution is -2.30. The van der Waals surface area contributed by atoms with Gasteiger partial charge in [0.05, 0.1) is 22.7 Å². The van der Waals surface area contributed by atoms with Crippen molar-refractivity contribution in [2.75, 3.05) is 11.1 Å². The summed E-state index contributed by atoms with van der Waals surface area (Å²) in [5.74, 6) is 1.45. The van der Waals surface area contributed by atoms with Crippen LogP contribution in [0.3, 0.4) is 0 Å². The zero-order chi connectivity index (χ0) is 22.9. The van der Waals surface area contributed by atoms with E-state index < -0.39 is 5.25 Å². The summed E-state index contributed by atoms with van der Waals surface area (Å²) in [4.78, 5) is 28.8. The number of nitrogens with one attached hydrogen (secondary N) is 2. The SMILES string of the molecule is Cc1cc(NC(=O)C(C)SCC(=O)NC(C)c2cccc(OCc3ccccn3)c2)no1. The van der Waals surface area contributed by atoms with Crippen LogP contribution >= 0.6 is 11.8 Å². The smallest absolute Gasteiger partial charge is 0.238 e. The molecule has 32 heavy (non-hydrogen) atoms. The first kappa shape index (κ1) is 23.3. The summed E-state index contributed by atoms with van der Waals surface area (Å²) in [5.41, 5.74) is 1.77. The first-order chi connectivity index (χ1) is 15.4. The lowest BCUT2D eigenvalue weighted by molar-refractivity contribution is -0.119. The van der Waals surface area contributed by atoms with Crippen molar-refractivity contribution in [1.29, 1.82) is 0 Å². The van der Waals surface area contributed by atoms with E-state index in [0.717, 1.165) is 11.3 Å². The van der Waals surface area contributed by atoms with Crippen LogP contribution in [0.25, 0.3) is 0 Å². The number of nitrogens with zero attached hydrogens (tertiary/aromatic N) is 2. The maximum Gasteiger partial charge on any atom is 0.238 e. The zero-order valence-corrected chi connectivity index (χ0v) is 19.0. The second-order valence-electron chi connectivity index (χ2n) is 7.24. The molecule has 3 aromatic rings. The highest BCUT2D eigenvalue weighted by Gasteiger charge is 2.18. The molecule has 0 spiro atoms. The number of pyridine rings is 1. The molecule has 0 saturated heterocycles. The van der Waals surface area contributed by atoms with Crippen LogP contribution in [0, 0.1) is 6.92 Å². The fraction of sp³-hybridized carbons (Fsp3) is 0.304. The van der Waals surface area contributed by atoms with Crippen molar-refractivity contribution in [3.63, 3.8) is 0 Å². The normalized spacial score (nSPS) is 12.6. The Bertz CT molecular complexity index is 1040. The Hall–Kier alpha value is -3.33. The third kappa shape index (κ3) is 7.12. The number of anilines is 1. The number of benzene rings is 1. The van der Waals surface area contributed by atoms with E-state index in [2.05, 4.69) is 20.8 Å². The summed E-state index contributed by atoms with van der Waals surface area (Å²) in [7, 11) is 0. The van der Waals surface area contributed by atoms with Crippen LogP contribution in [0.5, 0.6) is 5.75 Å². The fourth-order valence-electron chi connectivity index (χ4n) is 2.81. The molecule has 2 aromatic heterocycles. The number of amides is 2. The van der Waals surface area contributed by atoms with E-state index in [-0.39, 0.29) is 23.6 Å². The first-order valence-electron chi connectivity index (χ1n) is 10.2. The van der Waals surface area contributed by atoms with E-state index in [4.69, 9.17) is 9.26 Å². The molecule has 2 unspecified atom stereocenters. The van der Waals surface area contributed by atoms with Crippen LogP contribution in [0.2, 0.25) is 0 Å². The van der Waals surface area contributed by atoms with Crippen molar-refractivity contribution in [2.24, 2.45) is 0 Å². The van der Waals surface area contributed by atoms with E-state index in [1.165, 1.54) is 11.8 Å². The number of hydrogen-bond acceptors (Lipinski definition) is 7. The molecule has 0 aliphatic rings. The van der Waals surface area contributed by atoms with Crippen molar-refractivity contribution >= 4 is 29.4 Å². The number of aryl methyl sites for hydroxylation is 1. The van der Waals surface area contributed by atoms with Gasteiger partial charge in [-0.05, 0) is 50.6 Å². The third-order valence-electron chi connectivity index (χ3n) is 4.56. The van der Waals surface area contributed by atoms with Crippen LogP contribution in [0.1, 0.15) is 36.9 Å². The van der Waals surface area contributed by atoms with Crippen molar-refractivity contribution in [1.82, 2.24) is 15.5 Å². The molecule has 0 fully saturated rings. The molecule has 1 aromatic carbocycles. The van der Waals surface area contributed by atoms with Crippen LogP contribution < -0.4 is 15.4 Å². The van der Waals surface area contributed by atoms with E-state index >= 15 is 0 Å². The van der Waals surface area contributed by atoms with Gasteiger partial charge >= 0.3 is 0 Å². The zero-order valence-electron chi connectivity index (χ0n) is 18.2. The van der Waals surface area contributed by atoms with E-state index in [0.29, 0.717) is 23.9 Å². The molecule has 0 bridgehead atoms. The van der Waals surface area contributed by atoms with Gasteiger partial charge in [-0.15, -0.1) is 11.8 Å². The van der Waals surface area contributed by atoms with Gasteiger partial charge in [0.2, 0.25) is 11.8 Å². The van der Waals surface area contributed by atoms with E-state index in [1.54, 1.807) is 26.1 Å². The molecule has 0 radical (unpaired) electrons. The molecule has 2 N–H and O–H groups in total. The van der Waals surface area contributed by atoms with Crippen LogP contribution in [0.15, 0.2) is 59.3 Å². The Morgan fingerprint density at radius 3 is 2.72 bits per heavy atom. The Kier molecular flexibility index (Phi) is 8.27. The molecule has 0 saturated carbocycles. The monoisotopic (exact) mass is 454 g/mol. The molecule has 2 atom stereocenters. The quantitative estimate of drug-likeness (QED) is 0.479. The van der Waals surface area contributed by atoms with Crippen LogP contribution in [-0.4, -0.2) is 33.0 Å². The molecule has 3 rings (SSSR count). The predicted octanol–water partition coefficient (Wildman–Crippen LogP) is 3.89. The van der Waals surface area contributed by atoms with Crippen molar-refractivity contribution in [2.45, 2.75) is 38.7 Å². The highest BCUT2D eigenvalue weighted by molar-refractivity contribution is 8.01. The highest BCUT2D eigenvalue weighted by atomic mass is 32.2. The lowest BCUT2D eigenvalue weighted by atomic mass is 10.1. The molecule has 0 aliphatic heterocycles. The molecule has 168 valence electrons. The summed E-state index contributed by atoms with van der Waals surface area (Å²) < 4.78 is 10.7. The standard InChI is InChI=1S/C23H26N4O4S/c1-15-11-21(27-31-15)26-23(29)17(3)32-14-22(28)25-16(2)18-7-6-9-20(12-18)30-13-19-8-4-5-10-24-19/h4-12,16-17H,13-14H2,1-3H3,(H,25,28)(H,26,27,29). The number of rotatable bonds is 10. The van der Waals surface area contributed by atoms with Gasteiger partial charge < -0.3 is 19.9 Å². The number of carbonyl (C=O) groups excluding carboxylic acids is 2. The van der Waals surface area contributed by atoms with Gasteiger partial charge in [-0.3, -0.25) is 14.6 Å². The fourth-order valence-corrected chi connectivity index (χ4v) is 3.51. The average Bonchev–Trinajstić information content (AvgIpc) is 3.21. The minimum absolute atomic E-state index is 0.153. The molecule has 9 heteroatoms. The van der Waals surface area contributed by atoms with E-state index in [9.17, 15) is 9.59 Å². The number of thioether (sulfide) groups is 1. The Morgan fingerprint density at radius 2 is 2.00 bits per heavy atom. The average molecular weight is 455 g/mol. The van der Waals surface area contributed by atoms with Crippen molar-refractivity contribution < 1.29 is 18.8 Å². The summed E-state index contributed by atoms with van der Waals surface area (Å²) in [6.07, 6.45) is 1.73. The minimum atomic E-state index is -0.420. The Labute approximate surface area is 191 Å². The summed E-state index contributed by atoms with van der Waals surface area (Å²) >= 11 is 1.25. The summed E-state index contributed by atoms with van der Waals surface area (Å²) in [6, 6.07) is 14.7. The number of ether oxygens (including phenoxy) is 1. The topological polar surface area (TPSA) is 106 Å². The first-order valence-corrected chi connectivity index (χ1v) is 11.2. The summed E-state index contributed by atoms with van der Waals surface area (Å²) in [6.45, 7) is 5.76. The van der Waals surface area contributed by atoms with Gasteiger partial charge in [0, 0.05) is 12.3 Å². The van der Waals surface area contributed by atoms with Gasteiger partial charge in [-0.2, -0.15) is 0 Å². The number of aromatic nitrogens is 2. The molecular weight excluding hydrogens is 428 g/mol. The van der Waals surface area contributed by atoms with Crippen LogP contribution in [-0.2, 0) is 16.2 Å². The van der Waals surface area contributed by atoms with Gasteiger partial charge in [-0.1, -0.05) is 23.4 Å². The largest absolute Gasteiger partial charge is 0.487 e. The molecular formula is C23H26N4O4S. The second kappa shape index (κ2) is 11.3. The minimum Gasteiger partial charge on any atom is -0.487 e. The highest BCUT2D eigenvalue weighted by Crippen LogP contribution is 2.21. The van der Waals surface area contributed by atoms with Gasteiger partial charge in [0.1, 0.15) is 18.1 Å². The Balaban J connectivity index is 1.45. The maximum atomic E-state index is 12.4. The third-order valence-corrected chi connectivity index (χ3v) is 5.70.